The summed E-state index contributed by atoms with van der Waals surface area (Å²) in [5.41, 5.74) is 0.407. The molecule has 0 aromatic heterocycles. The van der Waals surface area contributed by atoms with E-state index in [0.717, 1.165) is 6.07 Å². The predicted molar refractivity (Wildman–Crippen MR) is 78.1 cm³/mol. The number of rotatable bonds is 3. The van der Waals surface area contributed by atoms with Crippen molar-refractivity contribution >= 4 is 45.0 Å². The molecule has 108 valence electrons. The van der Waals surface area contributed by atoms with Crippen molar-refractivity contribution in [3.63, 3.8) is 0 Å². The molecule has 20 heavy (non-hydrogen) atoms. The first kappa shape index (κ1) is 15.3. The van der Waals surface area contributed by atoms with Crippen LogP contribution < -0.4 is 5.32 Å². The van der Waals surface area contributed by atoms with Gasteiger partial charge in [-0.1, -0.05) is 11.6 Å². The highest BCUT2D eigenvalue weighted by Gasteiger charge is 2.40. The van der Waals surface area contributed by atoms with Crippen LogP contribution in [0.1, 0.15) is 20.3 Å². The van der Waals surface area contributed by atoms with Gasteiger partial charge in [-0.15, -0.1) is 0 Å². The third kappa shape index (κ3) is 2.81. The van der Waals surface area contributed by atoms with Gasteiger partial charge >= 0.3 is 0 Å². The molecule has 0 bridgehead atoms. The minimum Gasteiger partial charge on any atom is -0.371 e. The molecule has 1 fully saturated rings. The number of carbonyl (C=O) groups is 2. The monoisotopic (exact) mass is 362 g/mol. The normalized spacial score (nSPS) is 19.1. The van der Waals surface area contributed by atoms with Gasteiger partial charge in [0.15, 0.2) is 0 Å². The van der Waals surface area contributed by atoms with Gasteiger partial charge in [-0.05, 0) is 41.9 Å². The first-order valence-corrected chi connectivity index (χ1v) is 7.25. The molecule has 1 atom stereocenters. The Hall–Kier alpha value is -1.14. The molecule has 1 N–H and O–H groups in total. The van der Waals surface area contributed by atoms with Crippen molar-refractivity contribution in [1.29, 1.82) is 0 Å². The zero-order valence-corrected chi connectivity index (χ0v) is 13.3. The summed E-state index contributed by atoms with van der Waals surface area (Å²) in [5.74, 6) is -1.00. The van der Waals surface area contributed by atoms with Gasteiger partial charge in [0.1, 0.15) is 11.9 Å². The number of imide groups is 1. The molecular formula is C13H13BrClFN2O2. The van der Waals surface area contributed by atoms with Crippen molar-refractivity contribution in [3.05, 3.63) is 27.4 Å². The van der Waals surface area contributed by atoms with Gasteiger partial charge in [-0.3, -0.25) is 14.5 Å². The molecular weight excluding hydrogens is 351 g/mol. The molecule has 0 radical (unpaired) electrons. The molecule has 7 heteroatoms. The third-order valence-corrected chi connectivity index (χ3v) is 3.95. The van der Waals surface area contributed by atoms with E-state index in [9.17, 15) is 14.0 Å². The zero-order chi connectivity index (χ0) is 15.0. The molecule has 1 aliphatic heterocycles. The Kier molecular flexibility index (Phi) is 4.34. The van der Waals surface area contributed by atoms with E-state index in [-0.39, 0.29) is 29.3 Å². The minimum atomic E-state index is -0.677. The molecule has 0 spiro atoms. The van der Waals surface area contributed by atoms with Gasteiger partial charge in [0.25, 0.3) is 5.91 Å². The summed E-state index contributed by atoms with van der Waals surface area (Å²) < 4.78 is 13.6. The summed E-state index contributed by atoms with van der Waals surface area (Å²) in [5, 5.41) is 3.07. The number of benzene rings is 1. The summed E-state index contributed by atoms with van der Waals surface area (Å²) in [6, 6.07) is 1.53. The predicted octanol–water partition coefficient (Wildman–Crippen LogP) is 3.19. The summed E-state index contributed by atoms with van der Waals surface area (Å²) in [4.78, 5) is 25.2. The molecule has 2 rings (SSSR count). The molecule has 1 saturated heterocycles. The zero-order valence-electron chi connectivity index (χ0n) is 10.9. The van der Waals surface area contributed by atoms with Crippen molar-refractivity contribution in [1.82, 2.24) is 4.90 Å². The fourth-order valence-corrected chi connectivity index (χ4v) is 3.08. The van der Waals surface area contributed by atoms with Gasteiger partial charge < -0.3 is 5.32 Å². The smallest absolute Gasteiger partial charge is 0.252 e. The van der Waals surface area contributed by atoms with Crippen LogP contribution in [0.15, 0.2) is 16.6 Å². The molecule has 4 nitrogen and oxygen atoms in total. The van der Waals surface area contributed by atoms with Crippen LogP contribution in [0.5, 0.6) is 0 Å². The summed E-state index contributed by atoms with van der Waals surface area (Å²) in [6.07, 6.45) is 0.0666. The lowest BCUT2D eigenvalue weighted by Crippen LogP contribution is -2.39. The number of hydrogen-bond acceptors (Lipinski definition) is 3. The molecule has 1 aromatic rings. The van der Waals surface area contributed by atoms with Crippen LogP contribution >= 0.6 is 27.5 Å². The Morgan fingerprint density at radius 1 is 1.45 bits per heavy atom. The number of nitrogens with zero attached hydrogens (tertiary/aromatic N) is 1. The van der Waals surface area contributed by atoms with E-state index in [1.165, 1.54) is 11.0 Å². The van der Waals surface area contributed by atoms with Gasteiger partial charge in [0.05, 0.1) is 17.1 Å². The van der Waals surface area contributed by atoms with Crippen molar-refractivity contribution in [2.24, 2.45) is 0 Å². The molecule has 2 amide bonds. The van der Waals surface area contributed by atoms with E-state index in [2.05, 4.69) is 21.2 Å². The van der Waals surface area contributed by atoms with Crippen molar-refractivity contribution in [2.45, 2.75) is 32.4 Å². The number of carbonyl (C=O) groups excluding carboxylic acids is 2. The maximum absolute atomic E-state index is 13.2. The van der Waals surface area contributed by atoms with E-state index in [0.29, 0.717) is 10.2 Å². The molecule has 1 heterocycles. The fourth-order valence-electron chi connectivity index (χ4n) is 2.16. The van der Waals surface area contributed by atoms with Gasteiger partial charge in [0.2, 0.25) is 5.91 Å². The lowest BCUT2D eigenvalue weighted by Gasteiger charge is -2.20. The van der Waals surface area contributed by atoms with Gasteiger partial charge in [-0.25, -0.2) is 4.39 Å². The Bertz CT molecular complexity index is 556. The quantitative estimate of drug-likeness (QED) is 0.839. The van der Waals surface area contributed by atoms with Crippen LogP contribution in [-0.4, -0.2) is 28.8 Å². The number of halogens is 3. The molecule has 0 aliphatic carbocycles. The Morgan fingerprint density at radius 2 is 2.10 bits per heavy atom. The number of nitrogens with one attached hydrogen (secondary N) is 1. The average molecular weight is 364 g/mol. The van der Waals surface area contributed by atoms with Gasteiger partial charge in [-0.2, -0.15) is 0 Å². The number of hydrogen-bond donors (Lipinski definition) is 1. The minimum absolute atomic E-state index is 0.0666. The van der Waals surface area contributed by atoms with Crippen LogP contribution in [-0.2, 0) is 9.59 Å². The van der Waals surface area contributed by atoms with E-state index in [1.54, 1.807) is 13.8 Å². The maximum atomic E-state index is 13.2. The summed E-state index contributed by atoms with van der Waals surface area (Å²) in [6.45, 7) is 3.55. The Morgan fingerprint density at radius 3 is 2.60 bits per heavy atom. The first-order chi connectivity index (χ1) is 9.31. The second-order valence-corrected chi connectivity index (χ2v) is 6.10. The van der Waals surface area contributed by atoms with Crippen LogP contribution in [0.2, 0.25) is 5.02 Å². The van der Waals surface area contributed by atoms with Crippen molar-refractivity contribution in [3.8, 4) is 0 Å². The van der Waals surface area contributed by atoms with Crippen LogP contribution in [0.25, 0.3) is 0 Å². The summed E-state index contributed by atoms with van der Waals surface area (Å²) >= 11 is 9.14. The van der Waals surface area contributed by atoms with Crippen LogP contribution in [0, 0.1) is 5.82 Å². The van der Waals surface area contributed by atoms with E-state index in [1.807, 2.05) is 0 Å². The van der Waals surface area contributed by atoms with E-state index >= 15 is 0 Å². The van der Waals surface area contributed by atoms with Crippen molar-refractivity contribution in [2.75, 3.05) is 5.32 Å². The Balaban J connectivity index is 2.24. The van der Waals surface area contributed by atoms with E-state index < -0.39 is 11.9 Å². The average Bonchev–Trinajstić information content (AvgIpc) is 2.58. The molecule has 1 aromatic carbocycles. The fraction of sp³-hybridized carbons (Fsp3) is 0.385. The van der Waals surface area contributed by atoms with E-state index in [4.69, 9.17) is 11.6 Å². The lowest BCUT2D eigenvalue weighted by molar-refractivity contribution is -0.140. The van der Waals surface area contributed by atoms with Crippen molar-refractivity contribution < 1.29 is 14.0 Å². The first-order valence-electron chi connectivity index (χ1n) is 6.08. The highest BCUT2D eigenvalue weighted by Crippen LogP contribution is 2.33. The largest absolute Gasteiger partial charge is 0.371 e. The summed E-state index contributed by atoms with van der Waals surface area (Å²) in [7, 11) is 0. The molecule has 1 aliphatic rings. The standard InChI is InChI=1S/C13H13BrClFN2O2/c1-6(2)18-11(19)5-10(13(18)20)17-12-8(14)3-7(16)4-9(12)15/h3-4,6,10,17H,5H2,1-2H3. The highest BCUT2D eigenvalue weighted by molar-refractivity contribution is 9.10. The number of amides is 2. The highest BCUT2D eigenvalue weighted by atomic mass is 79.9. The Labute approximate surface area is 129 Å². The molecule has 1 unspecified atom stereocenters. The number of likely N-dealkylation sites (tertiary alicyclic amines) is 1. The third-order valence-electron chi connectivity index (χ3n) is 3.02. The maximum Gasteiger partial charge on any atom is 0.252 e. The lowest BCUT2D eigenvalue weighted by atomic mass is 10.2. The van der Waals surface area contributed by atoms with Crippen LogP contribution in [0.4, 0.5) is 10.1 Å². The van der Waals surface area contributed by atoms with Crippen LogP contribution in [0.3, 0.4) is 0 Å². The van der Waals surface area contributed by atoms with Gasteiger partial charge in [0, 0.05) is 10.5 Å². The SMILES string of the molecule is CC(C)N1C(=O)CC(Nc2c(Cl)cc(F)cc2Br)C1=O. The molecule has 0 saturated carbocycles. The topological polar surface area (TPSA) is 49.4 Å². The second kappa shape index (κ2) is 5.69. The number of anilines is 1. The second-order valence-electron chi connectivity index (χ2n) is 4.84.